The average molecular weight is 326 g/mol. The predicted octanol–water partition coefficient (Wildman–Crippen LogP) is 1.20. The lowest BCUT2D eigenvalue weighted by Crippen LogP contribution is -2.37. The van der Waals surface area contributed by atoms with Crippen LogP contribution < -0.4 is 5.14 Å². The standard InChI is InChI=1S/C10H9Cl2NO5S/c11-8-2-6(19(13,15)16)1-7(9(8)12)10(14)18-5-3-17-4-5/h1-2,5H,3-4H2,(H2,13,15,16). The Bertz CT molecular complexity index is 627. The van der Waals surface area contributed by atoms with Crippen LogP contribution in [0.4, 0.5) is 0 Å². The van der Waals surface area contributed by atoms with Crippen molar-refractivity contribution in [2.75, 3.05) is 13.2 Å². The molecule has 1 aliphatic rings. The number of primary sulfonamides is 1. The number of nitrogens with two attached hydrogens (primary N) is 1. The van der Waals surface area contributed by atoms with Gasteiger partial charge in [0.05, 0.1) is 33.7 Å². The second-order valence-corrected chi connectivity index (χ2v) is 6.22. The van der Waals surface area contributed by atoms with Crippen molar-refractivity contribution in [1.29, 1.82) is 0 Å². The van der Waals surface area contributed by atoms with Gasteiger partial charge in [-0.15, -0.1) is 0 Å². The lowest BCUT2D eigenvalue weighted by atomic mass is 10.2. The Morgan fingerprint density at radius 3 is 2.47 bits per heavy atom. The van der Waals surface area contributed by atoms with Crippen molar-refractivity contribution in [3.63, 3.8) is 0 Å². The average Bonchev–Trinajstić information content (AvgIpc) is 2.25. The Kier molecular flexibility index (Phi) is 4.03. The van der Waals surface area contributed by atoms with Crippen molar-refractivity contribution in [3.8, 4) is 0 Å². The number of hydrogen-bond donors (Lipinski definition) is 1. The Morgan fingerprint density at radius 2 is 2.00 bits per heavy atom. The molecular weight excluding hydrogens is 317 g/mol. The molecule has 1 aromatic rings. The minimum absolute atomic E-state index is 0.0840. The zero-order chi connectivity index (χ0) is 14.2. The third-order valence-corrected chi connectivity index (χ3v) is 4.13. The first kappa shape index (κ1) is 14.5. The van der Waals surface area contributed by atoms with E-state index in [4.69, 9.17) is 37.8 Å². The summed E-state index contributed by atoms with van der Waals surface area (Å²) >= 11 is 11.6. The minimum atomic E-state index is -3.99. The van der Waals surface area contributed by atoms with E-state index in [0.717, 1.165) is 12.1 Å². The SMILES string of the molecule is NS(=O)(=O)c1cc(Cl)c(Cl)c(C(=O)OC2COC2)c1. The lowest BCUT2D eigenvalue weighted by molar-refractivity contribution is -0.103. The second-order valence-electron chi connectivity index (χ2n) is 3.88. The fraction of sp³-hybridized carbons (Fsp3) is 0.300. The maximum absolute atomic E-state index is 11.8. The highest BCUT2D eigenvalue weighted by molar-refractivity contribution is 7.89. The molecule has 9 heteroatoms. The number of carbonyl (C=O) groups is 1. The highest BCUT2D eigenvalue weighted by atomic mass is 35.5. The number of rotatable bonds is 3. The van der Waals surface area contributed by atoms with Crippen molar-refractivity contribution in [1.82, 2.24) is 0 Å². The lowest BCUT2D eigenvalue weighted by Gasteiger charge is -2.25. The van der Waals surface area contributed by atoms with E-state index in [1.165, 1.54) is 0 Å². The summed E-state index contributed by atoms with van der Waals surface area (Å²) in [4.78, 5) is 11.5. The van der Waals surface area contributed by atoms with Crippen LogP contribution in [0.5, 0.6) is 0 Å². The van der Waals surface area contributed by atoms with Crippen LogP contribution in [0.3, 0.4) is 0 Å². The molecule has 1 aliphatic heterocycles. The highest BCUT2D eigenvalue weighted by Gasteiger charge is 2.26. The molecule has 2 N–H and O–H groups in total. The summed E-state index contributed by atoms with van der Waals surface area (Å²) in [7, 11) is -3.99. The summed E-state index contributed by atoms with van der Waals surface area (Å²) in [5.74, 6) is -0.773. The van der Waals surface area contributed by atoms with E-state index < -0.39 is 16.0 Å². The van der Waals surface area contributed by atoms with Crippen LogP contribution in [0.1, 0.15) is 10.4 Å². The van der Waals surface area contributed by atoms with Crippen LogP contribution in [-0.2, 0) is 19.5 Å². The van der Waals surface area contributed by atoms with Gasteiger partial charge in [-0.2, -0.15) is 0 Å². The van der Waals surface area contributed by atoms with E-state index in [9.17, 15) is 13.2 Å². The summed E-state index contributed by atoms with van der Waals surface area (Å²) in [5, 5.41) is 4.81. The number of benzene rings is 1. The Balaban J connectivity index is 2.37. The third-order valence-electron chi connectivity index (χ3n) is 2.43. The number of esters is 1. The Labute approximate surface area is 119 Å². The molecule has 104 valence electrons. The molecule has 0 amide bonds. The van der Waals surface area contributed by atoms with Gasteiger partial charge in [0, 0.05) is 0 Å². The van der Waals surface area contributed by atoms with Gasteiger partial charge in [-0.25, -0.2) is 18.4 Å². The van der Waals surface area contributed by atoms with Gasteiger partial charge >= 0.3 is 5.97 Å². The van der Waals surface area contributed by atoms with Gasteiger partial charge in [-0.1, -0.05) is 23.2 Å². The predicted molar refractivity (Wildman–Crippen MR) is 67.9 cm³/mol. The first-order valence-electron chi connectivity index (χ1n) is 5.09. The molecule has 0 bridgehead atoms. The molecule has 0 unspecified atom stereocenters. The van der Waals surface area contributed by atoms with E-state index in [0.29, 0.717) is 13.2 Å². The molecule has 6 nitrogen and oxygen atoms in total. The van der Waals surface area contributed by atoms with Crippen LogP contribution >= 0.6 is 23.2 Å². The zero-order valence-electron chi connectivity index (χ0n) is 9.43. The molecule has 1 saturated heterocycles. The normalized spacial score (nSPS) is 15.9. The number of sulfonamides is 1. The van der Waals surface area contributed by atoms with Crippen molar-refractivity contribution in [3.05, 3.63) is 27.7 Å². The molecule has 1 aromatic carbocycles. The molecule has 0 spiro atoms. The smallest absolute Gasteiger partial charge is 0.340 e. The van der Waals surface area contributed by atoms with Crippen molar-refractivity contribution < 1.29 is 22.7 Å². The summed E-state index contributed by atoms with van der Waals surface area (Å²) in [6.07, 6.45) is -0.361. The zero-order valence-corrected chi connectivity index (χ0v) is 11.8. The summed E-state index contributed by atoms with van der Waals surface area (Å²) in [5.41, 5.74) is -0.148. The fourth-order valence-corrected chi connectivity index (χ4v) is 2.41. The van der Waals surface area contributed by atoms with Crippen molar-refractivity contribution >= 4 is 39.2 Å². The van der Waals surface area contributed by atoms with Crippen LogP contribution in [0.2, 0.25) is 10.0 Å². The largest absolute Gasteiger partial charge is 0.454 e. The van der Waals surface area contributed by atoms with Gasteiger partial charge in [-0.05, 0) is 12.1 Å². The minimum Gasteiger partial charge on any atom is -0.454 e. The number of ether oxygens (including phenoxy) is 2. The van der Waals surface area contributed by atoms with Gasteiger partial charge in [-0.3, -0.25) is 0 Å². The highest BCUT2D eigenvalue weighted by Crippen LogP contribution is 2.30. The third kappa shape index (κ3) is 3.18. The van der Waals surface area contributed by atoms with Crippen LogP contribution in [0.15, 0.2) is 17.0 Å². The fourth-order valence-electron chi connectivity index (χ4n) is 1.37. The van der Waals surface area contributed by atoms with Gasteiger partial charge in [0.25, 0.3) is 0 Å². The summed E-state index contributed by atoms with van der Waals surface area (Å²) in [6.45, 7) is 0.595. The molecule has 19 heavy (non-hydrogen) atoms. The molecule has 1 fully saturated rings. The topological polar surface area (TPSA) is 95.7 Å². The second kappa shape index (κ2) is 5.26. The maximum Gasteiger partial charge on any atom is 0.340 e. The number of halogens is 2. The van der Waals surface area contributed by atoms with Gasteiger partial charge in [0.1, 0.15) is 6.10 Å². The van der Waals surface area contributed by atoms with E-state index in [1.807, 2.05) is 0 Å². The van der Waals surface area contributed by atoms with Crippen LogP contribution in [-0.4, -0.2) is 33.7 Å². The molecule has 0 atom stereocenters. The molecule has 0 aliphatic carbocycles. The van der Waals surface area contributed by atoms with Crippen molar-refractivity contribution in [2.24, 2.45) is 5.14 Å². The van der Waals surface area contributed by atoms with E-state index in [1.54, 1.807) is 0 Å². The van der Waals surface area contributed by atoms with Gasteiger partial charge in [0.2, 0.25) is 10.0 Å². The number of hydrogen-bond acceptors (Lipinski definition) is 5. The first-order valence-corrected chi connectivity index (χ1v) is 7.40. The van der Waals surface area contributed by atoms with Gasteiger partial charge in [0.15, 0.2) is 0 Å². The molecule has 0 saturated carbocycles. The summed E-state index contributed by atoms with van der Waals surface area (Å²) in [6, 6.07) is 2.11. The van der Waals surface area contributed by atoms with Crippen LogP contribution in [0, 0.1) is 0 Å². The van der Waals surface area contributed by atoms with Crippen molar-refractivity contribution in [2.45, 2.75) is 11.0 Å². The molecule has 0 radical (unpaired) electrons. The first-order chi connectivity index (χ1) is 8.79. The monoisotopic (exact) mass is 325 g/mol. The molecular formula is C10H9Cl2NO5S. The van der Waals surface area contributed by atoms with Gasteiger partial charge < -0.3 is 9.47 Å². The molecule has 1 heterocycles. The maximum atomic E-state index is 11.8. The van der Waals surface area contributed by atoms with Crippen LogP contribution in [0.25, 0.3) is 0 Å². The summed E-state index contributed by atoms with van der Waals surface area (Å²) < 4.78 is 32.4. The Hall–Kier alpha value is -0.860. The van der Waals surface area contributed by atoms with E-state index in [2.05, 4.69) is 0 Å². The molecule has 0 aromatic heterocycles. The Morgan fingerprint density at radius 1 is 1.37 bits per heavy atom. The quantitative estimate of drug-likeness (QED) is 0.842. The van der Waals surface area contributed by atoms with E-state index in [-0.39, 0.29) is 26.6 Å². The van der Waals surface area contributed by atoms with E-state index >= 15 is 0 Å². The molecule has 2 rings (SSSR count). The number of carbonyl (C=O) groups excluding carboxylic acids is 1.